The van der Waals surface area contributed by atoms with Crippen molar-refractivity contribution in [3.8, 4) is 0 Å². The van der Waals surface area contributed by atoms with Gasteiger partial charge in [-0.1, -0.05) is 12.1 Å². The van der Waals surface area contributed by atoms with E-state index >= 15 is 0 Å². The van der Waals surface area contributed by atoms with E-state index in [1.807, 2.05) is 48.1 Å². The molecule has 0 radical (unpaired) electrons. The Morgan fingerprint density at radius 3 is 2.67 bits per heavy atom. The first-order chi connectivity index (χ1) is 12.9. The van der Waals surface area contributed by atoms with Gasteiger partial charge < -0.3 is 9.67 Å². The molecule has 1 aliphatic rings. The highest BCUT2D eigenvalue weighted by Crippen LogP contribution is 2.25. The average Bonchev–Trinajstić information content (AvgIpc) is 3.06. The van der Waals surface area contributed by atoms with Crippen molar-refractivity contribution in [1.29, 1.82) is 0 Å². The van der Waals surface area contributed by atoms with Gasteiger partial charge in [0, 0.05) is 25.3 Å². The molecule has 0 saturated heterocycles. The highest BCUT2D eigenvalue weighted by molar-refractivity contribution is 7.89. The first-order valence-electron chi connectivity index (χ1n) is 9.28. The topological polar surface area (TPSA) is 71.3 Å². The van der Waals surface area contributed by atoms with Gasteiger partial charge in [0.25, 0.3) is 0 Å². The predicted octanol–water partition coefficient (Wildman–Crippen LogP) is 3.07. The molecular formula is C21H24N2O3S. The van der Waals surface area contributed by atoms with Crippen LogP contribution in [-0.4, -0.2) is 24.6 Å². The van der Waals surface area contributed by atoms with Crippen LogP contribution in [0.4, 0.5) is 0 Å². The van der Waals surface area contributed by atoms with Crippen LogP contribution in [0.1, 0.15) is 35.6 Å². The molecule has 1 aromatic heterocycles. The van der Waals surface area contributed by atoms with Crippen molar-refractivity contribution < 1.29 is 13.5 Å². The normalized spacial score (nSPS) is 15.6. The second kappa shape index (κ2) is 7.11. The van der Waals surface area contributed by atoms with E-state index in [4.69, 9.17) is 0 Å². The van der Waals surface area contributed by atoms with Crippen molar-refractivity contribution in [2.45, 2.75) is 36.7 Å². The Bertz CT molecular complexity index is 1090. The first kappa shape index (κ1) is 18.2. The fourth-order valence-corrected chi connectivity index (χ4v) is 4.86. The molecule has 0 bridgehead atoms. The molecule has 3 aromatic rings. The van der Waals surface area contributed by atoms with Crippen molar-refractivity contribution in [1.82, 2.24) is 9.29 Å². The summed E-state index contributed by atoms with van der Waals surface area (Å²) in [7, 11) is -1.69. The molecule has 1 unspecified atom stereocenters. The van der Waals surface area contributed by atoms with Crippen LogP contribution in [0.5, 0.6) is 0 Å². The van der Waals surface area contributed by atoms with Crippen LogP contribution in [-0.2, 0) is 29.9 Å². The predicted molar refractivity (Wildman–Crippen MR) is 106 cm³/mol. The molecule has 0 aliphatic heterocycles. The minimum atomic E-state index is -3.65. The number of aliphatic hydroxyl groups is 1. The summed E-state index contributed by atoms with van der Waals surface area (Å²) >= 11 is 0. The van der Waals surface area contributed by atoms with Gasteiger partial charge in [-0.15, -0.1) is 0 Å². The van der Waals surface area contributed by atoms with Gasteiger partial charge in [0.15, 0.2) is 0 Å². The summed E-state index contributed by atoms with van der Waals surface area (Å²) in [5, 5.41) is 11.5. The summed E-state index contributed by atoms with van der Waals surface area (Å²) < 4.78 is 29.8. The number of rotatable bonds is 5. The number of aliphatic hydroxyl groups excluding tert-OH is 1. The maximum Gasteiger partial charge on any atom is 0.240 e. The van der Waals surface area contributed by atoms with Crippen molar-refractivity contribution in [3.05, 3.63) is 65.4 Å². The fraction of sp³-hybridized carbons (Fsp3) is 0.333. The molecule has 2 aromatic carbocycles. The van der Waals surface area contributed by atoms with Crippen molar-refractivity contribution in [3.63, 3.8) is 0 Å². The lowest BCUT2D eigenvalue weighted by Crippen LogP contribution is -2.28. The Balaban J connectivity index is 1.49. The van der Waals surface area contributed by atoms with Crippen LogP contribution in [0.2, 0.25) is 0 Å². The van der Waals surface area contributed by atoms with Gasteiger partial charge in [-0.05, 0) is 78.1 Å². The standard InChI is InChI=1S/C21H24N2O3S/c1-23-11-10-17-12-18(7-9-20(17)23)21(24)14-22-27(25,26)19-8-6-15-4-2-3-5-16(15)13-19/h6-13,21-22,24H,2-5,14H2,1H3. The summed E-state index contributed by atoms with van der Waals surface area (Å²) in [6.07, 6.45) is 5.27. The molecule has 1 aliphatic carbocycles. The number of benzene rings is 2. The molecule has 4 rings (SSSR count). The SMILES string of the molecule is Cn1ccc2cc(C(O)CNS(=O)(=O)c3ccc4c(c3)CCCC4)ccc21. The van der Waals surface area contributed by atoms with Gasteiger partial charge in [0.1, 0.15) is 0 Å². The highest BCUT2D eigenvalue weighted by atomic mass is 32.2. The summed E-state index contributed by atoms with van der Waals surface area (Å²) in [5.41, 5.74) is 4.14. The highest BCUT2D eigenvalue weighted by Gasteiger charge is 2.19. The zero-order valence-corrected chi connectivity index (χ0v) is 16.2. The smallest absolute Gasteiger partial charge is 0.240 e. The van der Waals surface area contributed by atoms with Crippen LogP contribution in [0, 0.1) is 0 Å². The third-order valence-corrected chi connectivity index (χ3v) is 6.81. The Kier molecular flexibility index (Phi) is 4.80. The van der Waals surface area contributed by atoms with E-state index in [1.54, 1.807) is 12.1 Å². The van der Waals surface area contributed by atoms with Crippen LogP contribution in [0.3, 0.4) is 0 Å². The number of hydrogen-bond acceptors (Lipinski definition) is 3. The zero-order valence-electron chi connectivity index (χ0n) is 15.4. The number of sulfonamides is 1. The molecule has 0 amide bonds. The van der Waals surface area contributed by atoms with Crippen LogP contribution < -0.4 is 4.72 Å². The Labute approximate surface area is 159 Å². The largest absolute Gasteiger partial charge is 0.387 e. The third kappa shape index (κ3) is 3.65. The molecular weight excluding hydrogens is 360 g/mol. The molecule has 5 nitrogen and oxygen atoms in total. The van der Waals surface area contributed by atoms with Gasteiger partial charge in [-0.25, -0.2) is 13.1 Å². The van der Waals surface area contributed by atoms with Gasteiger partial charge in [0.2, 0.25) is 10.0 Å². The lowest BCUT2D eigenvalue weighted by Gasteiger charge is -2.17. The molecule has 1 heterocycles. The second-order valence-electron chi connectivity index (χ2n) is 7.25. The molecule has 27 heavy (non-hydrogen) atoms. The van der Waals surface area contributed by atoms with Gasteiger partial charge in [-0.2, -0.15) is 0 Å². The van der Waals surface area contributed by atoms with E-state index in [0.717, 1.165) is 42.1 Å². The number of fused-ring (bicyclic) bond motifs is 2. The molecule has 0 saturated carbocycles. The molecule has 2 N–H and O–H groups in total. The first-order valence-corrected chi connectivity index (χ1v) is 10.8. The fourth-order valence-electron chi connectivity index (χ4n) is 3.77. The molecule has 142 valence electrons. The quantitative estimate of drug-likeness (QED) is 0.710. The molecule has 0 spiro atoms. The second-order valence-corrected chi connectivity index (χ2v) is 9.02. The lowest BCUT2D eigenvalue weighted by molar-refractivity contribution is 0.182. The van der Waals surface area contributed by atoms with Gasteiger partial charge in [-0.3, -0.25) is 0 Å². The van der Waals surface area contributed by atoms with E-state index in [2.05, 4.69) is 4.72 Å². The summed E-state index contributed by atoms with van der Waals surface area (Å²) in [4.78, 5) is 0.272. The minimum Gasteiger partial charge on any atom is -0.387 e. The number of nitrogens with zero attached hydrogens (tertiary/aromatic N) is 1. The number of hydrogen-bond donors (Lipinski definition) is 2. The van der Waals surface area contributed by atoms with E-state index < -0.39 is 16.1 Å². The van der Waals surface area contributed by atoms with E-state index in [1.165, 1.54) is 5.56 Å². The molecule has 0 fully saturated rings. The van der Waals surface area contributed by atoms with Gasteiger partial charge >= 0.3 is 0 Å². The summed E-state index contributed by atoms with van der Waals surface area (Å²) in [6, 6.07) is 13.0. The van der Waals surface area contributed by atoms with E-state index in [-0.39, 0.29) is 11.4 Å². The third-order valence-electron chi connectivity index (χ3n) is 5.39. The maximum atomic E-state index is 12.6. The summed E-state index contributed by atoms with van der Waals surface area (Å²) in [5.74, 6) is 0. The summed E-state index contributed by atoms with van der Waals surface area (Å²) in [6.45, 7) is -0.0578. The molecule has 1 atom stereocenters. The maximum absolute atomic E-state index is 12.6. The number of aryl methyl sites for hydroxylation is 3. The minimum absolute atomic E-state index is 0.0578. The monoisotopic (exact) mass is 384 g/mol. The molecule has 6 heteroatoms. The van der Waals surface area contributed by atoms with Crippen LogP contribution >= 0.6 is 0 Å². The zero-order chi connectivity index (χ0) is 19.0. The van der Waals surface area contributed by atoms with Gasteiger partial charge in [0.05, 0.1) is 11.0 Å². The number of aromatic nitrogens is 1. The van der Waals surface area contributed by atoms with Crippen molar-refractivity contribution in [2.24, 2.45) is 7.05 Å². The van der Waals surface area contributed by atoms with Crippen molar-refractivity contribution in [2.75, 3.05) is 6.54 Å². The Morgan fingerprint density at radius 1 is 1.07 bits per heavy atom. The van der Waals surface area contributed by atoms with Crippen molar-refractivity contribution >= 4 is 20.9 Å². The van der Waals surface area contributed by atoms with E-state index in [9.17, 15) is 13.5 Å². The average molecular weight is 385 g/mol. The number of nitrogens with one attached hydrogen (secondary N) is 1. The van der Waals surface area contributed by atoms with Crippen LogP contribution in [0.15, 0.2) is 53.6 Å². The lowest BCUT2D eigenvalue weighted by atomic mass is 9.92. The Hall–Kier alpha value is -2.15. The Morgan fingerprint density at radius 2 is 1.85 bits per heavy atom. The van der Waals surface area contributed by atoms with E-state index in [0.29, 0.717) is 5.56 Å². The van der Waals surface area contributed by atoms with Crippen LogP contribution in [0.25, 0.3) is 10.9 Å².